The Kier molecular flexibility index (Phi) is 9.28. The summed E-state index contributed by atoms with van der Waals surface area (Å²) in [7, 11) is 0. The van der Waals surface area contributed by atoms with Crippen molar-refractivity contribution in [2.75, 3.05) is 12.8 Å². The highest BCUT2D eigenvalue weighted by Gasteiger charge is 2.48. The van der Waals surface area contributed by atoms with Gasteiger partial charge in [0.15, 0.2) is 0 Å². The third-order valence-electron chi connectivity index (χ3n) is 6.03. The van der Waals surface area contributed by atoms with Crippen molar-refractivity contribution in [2.24, 2.45) is 0 Å². The van der Waals surface area contributed by atoms with Crippen LogP contribution >= 0.6 is 23.5 Å². The molecule has 1 aromatic rings. The number of benzene rings is 1. The van der Waals surface area contributed by atoms with Crippen LogP contribution in [-0.4, -0.2) is 92.4 Å². The first-order valence-corrected chi connectivity index (χ1v) is 13.2. The molecule has 0 bridgehead atoms. The summed E-state index contributed by atoms with van der Waals surface area (Å²) >= 11 is 2.99. The van der Waals surface area contributed by atoms with Crippen LogP contribution < -0.4 is 10.6 Å². The maximum atomic E-state index is 12.9. The lowest BCUT2D eigenvalue weighted by molar-refractivity contribution is -0.211. The van der Waals surface area contributed by atoms with Crippen molar-refractivity contribution in [3.8, 4) is 0 Å². The first-order valence-electron chi connectivity index (χ1n) is 10.8. The number of hydrogen-bond acceptors (Lipinski definition) is 9. The van der Waals surface area contributed by atoms with Gasteiger partial charge in [0.25, 0.3) is 0 Å². The molecule has 2 heterocycles. The van der Waals surface area contributed by atoms with Gasteiger partial charge < -0.3 is 35.8 Å². The topological polar surface area (TPSA) is 131 Å². The third-order valence-corrected chi connectivity index (χ3v) is 8.22. The van der Waals surface area contributed by atoms with E-state index in [1.54, 1.807) is 18.0 Å². The second-order valence-corrected chi connectivity index (χ2v) is 10.8. The summed E-state index contributed by atoms with van der Waals surface area (Å²) in [6.07, 6.45) is -3.86. The molecule has 1 aromatic carbocycles. The maximum Gasteiger partial charge on any atom is 0.237 e. The molecule has 2 aliphatic rings. The molecule has 6 N–H and O–H groups in total. The van der Waals surface area contributed by atoms with E-state index in [4.69, 9.17) is 4.74 Å². The number of carbonyl (C=O) groups is 1. The summed E-state index contributed by atoms with van der Waals surface area (Å²) < 4.78 is 5.74. The number of aliphatic hydroxyl groups excluding tert-OH is 4. The Hall–Kier alpha value is -0.850. The van der Waals surface area contributed by atoms with Gasteiger partial charge in [-0.2, -0.15) is 11.8 Å². The molecular weight excluding hydrogens is 452 g/mol. The Balaban J connectivity index is 1.56. The molecule has 2 saturated heterocycles. The van der Waals surface area contributed by atoms with Crippen LogP contribution in [0.15, 0.2) is 24.3 Å². The summed E-state index contributed by atoms with van der Waals surface area (Å²) in [5, 5.41) is 47.3. The van der Waals surface area contributed by atoms with Crippen molar-refractivity contribution in [1.29, 1.82) is 0 Å². The van der Waals surface area contributed by atoms with Crippen molar-refractivity contribution in [1.82, 2.24) is 10.6 Å². The summed E-state index contributed by atoms with van der Waals surface area (Å²) in [5.74, 6) is 0.585. The molecule has 1 amide bonds. The predicted octanol–water partition coefficient (Wildman–Crippen LogP) is -0.00508. The molecule has 9 atom stereocenters. The fourth-order valence-corrected chi connectivity index (χ4v) is 5.88. The summed E-state index contributed by atoms with van der Waals surface area (Å²) in [6.45, 7) is 4.26. The smallest absolute Gasteiger partial charge is 0.237 e. The minimum Gasteiger partial charge on any atom is -0.391 e. The van der Waals surface area contributed by atoms with Gasteiger partial charge in [0, 0.05) is 17.5 Å². The van der Waals surface area contributed by atoms with Crippen LogP contribution in [0.4, 0.5) is 0 Å². The second-order valence-electron chi connectivity index (χ2n) is 8.57. The van der Waals surface area contributed by atoms with E-state index in [2.05, 4.69) is 41.8 Å². The first kappa shape index (κ1) is 25.8. The molecule has 3 rings (SSSR count). The highest BCUT2D eigenvalue weighted by atomic mass is 32.2. The Morgan fingerprint density at radius 1 is 1.22 bits per heavy atom. The first-order chi connectivity index (χ1) is 15.2. The zero-order chi connectivity index (χ0) is 23.4. The number of rotatable bonds is 8. The quantitative estimate of drug-likeness (QED) is 0.300. The molecule has 2 aliphatic heterocycles. The number of aryl methyl sites for hydroxylation is 1. The Morgan fingerprint density at radius 2 is 1.91 bits per heavy atom. The van der Waals surface area contributed by atoms with Crippen molar-refractivity contribution in [3.05, 3.63) is 35.4 Å². The Morgan fingerprint density at radius 3 is 2.53 bits per heavy atom. The lowest BCUT2D eigenvalue weighted by Gasteiger charge is -2.44. The van der Waals surface area contributed by atoms with Gasteiger partial charge in [-0.1, -0.05) is 29.8 Å². The van der Waals surface area contributed by atoms with Crippen LogP contribution in [0.2, 0.25) is 0 Å². The molecule has 180 valence electrons. The zero-order valence-electron chi connectivity index (χ0n) is 18.5. The molecule has 0 aromatic heterocycles. The molecule has 0 radical (unpaired) electrons. The Labute approximate surface area is 197 Å². The van der Waals surface area contributed by atoms with Gasteiger partial charge in [0.1, 0.15) is 29.9 Å². The fourth-order valence-electron chi connectivity index (χ4n) is 4.04. The van der Waals surface area contributed by atoms with E-state index in [9.17, 15) is 25.2 Å². The van der Waals surface area contributed by atoms with Crippen LogP contribution in [-0.2, 0) is 15.3 Å². The largest absolute Gasteiger partial charge is 0.391 e. The number of aliphatic hydroxyl groups is 4. The number of thioether (sulfide) groups is 2. The maximum absolute atomic E-state index is 12.9. The van der Waals surface area contributed by atoms with Crippen LogP contribution in [0.3, 0.4) is 0 Å². The van der Waals surface area contributed by atoms with Crippen molar-refractivity contribution in [2.45, 2.75) is 79.3 Å². The van der Waals surface area contributed by atoms with E-state index in [0.717, 1.165) is 5.75 Å². The highest BCUT2D eigenvalue weighted by molar-refractivity contribution is 7.99. The van der Waals surface area contributed by atoms with Crippen LogP contribution in [0.1, 0.15) is 24.5 Å². The minimum atomic E-state index is -1.44. The highest BCUT2D eigenvalue weighted by Crippen LogP contribution is 2.30. The molecule has 8 nitrogen and oxygen atoms in total. The van der Waals surface area contributed by atoms with Gasteiger partial charge in [-0.25, -0.2) is 0 Å². The summed E-state index contributed by atoms with van der Waals surface area (Å²) in [6, 6.07) is 7.06. The minimum absolute atomic E-state index is 0.284. The second kappa shape index (κ2) is 11.5. The summed E-state index contributed by atoms with van der Waals surface area (Å²) in [4.78, 5) is 12.9. The van der Waals surface area contributed by atoms with Crippen LogP contribution in [0.25, 0.3) is 0 Å². The molecule has 0 spiro atoms. The van der Waals surface area contributed by atoms with Crippen molar-refractivity contribution in [3.63, 3.8) is 0 Å². The number of carbonyl (C=O) groups excluding carboxylic acids is 1. The van der Waals surface area contributed by atoms with Gasteiger partial charge in [-0.05, 0) is 32.1 Å². The van der Waals surface area contributed by atoms with Gasteiger partial charge >= 0.3 is 0 Å². The Bertz CT molecular complexity index is 750. The van der Waals surface area contributed by atoms with Crippen molar-refractivity contribution < 1.29 is 30.0 Å². The van der Waals surface area contributed by atoms with Gasteiger partial charge in [0.2, 0.25) is 5.91 Å². The van der Waals surface area contributed by atoms with Crippen LogP contribution in [0.5, 0.6) is 0 Å². The van der Waals surface area contributed by atoms with Gasteiger partial charge in [-0.15, -0.1) is 11.8 Å². The lowest BCUT2D eigenvalue weighted by atomic mass is 9.92. The lowest BCUT2D eigenvalue weighted by Crippen LogP contribution is -2.65. The van der Waals surface area contributed by atoms with E-state index in [-0.39, 0.29) is 11.2 Å². The molecule has 32 heavy (non-hydrogen) atoms. The zero-order valence-corrected chi connectivity index (χ0v) is 20.2. The van der Waals surface area contributed by atoms with E-state index in [1.807, 2.05) is 0 Å². The standard InChI is InChI=1S/C22H34N2O6S2/c1-11-4-6-13(7-5-11)10-32-14-8-15(23-9-14)21(29)24-16(12(2)25)20-18(27)17(26)19(28)22(30-20)31-3/h4-7,12,14-20,22-23,25-28H,8-10H2,1-3H3,(H,24,29). The molecule has 2 fully saturated rings. The molecule has 10 heteroatoms. The van der Waals surface area contributed by atoms with E-state index >= 15 is 0 Å². The fraction of sp³-hybridized carbons (Fsp3) is 0.682. The number of hydrogen-bond donors (Lipinski definition) is 6. The number of amides is 1. The molecule has 0 saturated carbocycles. The van der Waals surface area contributed by atoms with E-state index in [0.29, 0.717) is 13.0 Å². The molecule has 0 aliphatic carbocycles. The monoisotopic (exact) mass is 486 g/mol. The SMILES string of the molecule is CSC1OC(C(NC(=O)C2CC(SCc3ccc(C)cc3)CN2)C(C)O)C(O)C(O)C1O. The molecular formula is C22H34N2O6S2. The van der Waals surface area contributed by atoms with Gasteiger partial charge in [0.05, 0.1) is 18.2 Å². The third kappa shape index (κ3) is 6.18. The molecule has 9 unspecified atom stereocenters. The number of ether oxygens (including phenoxy) is 1. The number of nitrogens with one attached hydrogen (secondary N) is 2. The summed E-state index contributed by atoms with van der Waals surface area (Å²) in [5.41, 5.74) is 1.70. The average molecular weight is 487 g/mol. The van der Waals surface area contributed by atoms with E-state index in [1.165, 1.54) is 29.8 Å². The normalized spacial score (nSPS) is 34.8. The van der Waals surface area contributed by atoms with E-state index < -0.39 is 48.0 Å². The average Bonchev–Trinajstić information content (AvgIpc) is 3.25. The van der Waals surface area contributed by atoms with Crippen LogP contribution in [0, 0.1) is 6.92 Å². The van der Waals surface area contributed by atoms with Gasteiger partial charge in [-0.3, -0.25) is 4.79 Å². The van der Waals surface area contributed by atoms with Crippen molar-refractivity contribution >= 4 is 29.4 Å². The predicted molar refractivity (Wildman–Crippen MR) is 126 cm³/mol.